The van der Waals surface area contributed by atoms with Crippen LogP contribution < -0.4 is 20.3 Å². The molecule has 23 heavy (non-hydrogen) atoms. The molecule has 6 nitrogen and oxygen atoms in total. The van der Waals surface area contributed by atoms with Crippen molar-refractivity contribution in [3.8, 4) is 11.5 Å². The van der Waals surface area contributed by atoms with Crippen LogP contribution in [0.1, 0.15) is 5.56 Å². The Kier molecular flexibility index (Phi) is 5.59. The van der Waals surface area contributed by atoms with Crippen LogP contribution >= 0.6 is 15.9 Å². The van der Waals surface area contributed by atoms with Crippen LogP contribution in [-0.4, -0.2) is 25.1 Å². The Morgan fingerprint density at radius 3 is 2.74 bits per heavy atom. The molecule has 0 aliphatic rings. The summed E-state index contributed by atoms with van der Waals surface area (Å²) in [7, 11) is 3.10. The van der Waals surface area contributed by atoms with Crippen LogP contribution in [0.25, 0.3) is 6.08 Å². The SMILES string of the molecule is COc1ccc(OC)c(/C=C/C(=O)Nc2cc(Br)c[nH]c2=O)c1. The van der Waals surface area contributed by atoms with Gasteiger partial charge >= 0.3 is 0 Å². The Morgan fingerprint density at radius 1 is 1.26 bits per heavy atom. The van der Waals surface area contributed by atoms with Gasteiger partial charge in [-0.25, -0.2) is 0 Å². The average molecular weight is 379 g/mol. The van der Waals surface area contributed by atoms with Crippen LogP contribution in [0.15, 0.2) is 45.8 Å². The minimum Gasteiger partial charge on any atom is -0.497 e. The molecule has 1 heterocycles. The second-order valence-corrected chi connectivity index (χ2v) is 5.41. The first-order valence-corrected chi connectivity index (χ1v) is 7.42. The van der Waals surface area contributed by atoms with E-state index in [1.165, 1.54) is 18.3 Å². The Balaban J connectivity index is 2.18. The van der Waals surface area contributed by atoms with Crippen LogP contribution in [0.5, 0.6) is 11.5 Å². The van der Waals surface area contributed by atoms with E-state index in [1.54, 1.807) is 38.5 Å². The number of anilines is 1. The topological polar surface area (TPSA) is 80.4 Å². The maximum absolute atomic E-state index is 12.0. The smallest absolute Gasteiger partial charge is 0.271 e. The number of amides is 1. The molecule has 0 saturated heterocycles. The van der Waals surface area contributed by atoms with E-state index in [0.29, 0.717) is 21.5 Å². The van der Waals surface area contributed by atoms with Crippen molar-refractivity contribution < 1.29 is 14.3 Å². The predicted octanol–water partition coefficient (Wildman–Crippen LogP) is 2.81. The fraction of sp³-hybridized carbons (Fsp3) is 0.125. The molecular formula is C16H15BrN2O4. The fourth-order valence-corrected chi connectivity index (χ4v) is 2.20. The predicted molar refractivity (Wildman–Crippen MR) is 92.0 cm³/mol. The number of pyridine rings is 1. The Hall–Kier alpha value is -2.54. The van der Waals surface area contributed by atoms with E-state index < -0.39 is 5.91 Å². The van der Waals surface area contributed by atoms with Crippen molar-refractivity contribution in [1.29, 1.82) is 0 Å². The van der Waals surface area contributed by atoms with Crippen LogP contribution in [0.4, 0.5) is 5.69 Å². The molecule has 0 fully saturated rings. The molecule has 0 atom stereocenters. The number of benzene rings is 1. The highest BCUT2D eigenvalue weighted by Gasteiger charge is 2.05. The van der Waals surface area contributed by atoms with E-state index in [0.717, 1.165) is 0 Å². The van der Waals surface area contributed by atoms with Crippen LogP contribution in [0.2, 0.25) is 0 Å². The molecule has 0 radical (unpaired) electrons. The van der Waals surface area contributed by atoms with E-state index in [4.69, 9.17) is 9.47 Å². The van der Waals surface area contributed by atoms with Gasteiger partial charge in [-0.1, -0.05) is 0 Å². The number of methoxy groups -OCH3 is 2. The molecule has 0 aliphatic heterocycles. The molecule has 7 heteroatoms. The molecule has 0 aliphatic carbocycles. The van der Waals surface area contributed by atoms with Gasteiger partial charge in [-0.15, -0.1) is 0 Å². The average Bonchev–Trinajstić information content (AvgIpc) is 2.56. The number of H-pyrrole nitrogens is 1. The van der Waals surface area contributed by atoms with Crippen LogP contribution in [0, 0.1) is 0 Å². The Bertz CT molecular complexity index is 799. The molecule has 0 bridgehead atoms. The summed E-state index contributed by atoms with van der Waals surface area (Å²) < 4.78 is 11.0. The highest BCUT2D eigenvalue weighted by atomic mass is 79.9. The fourth-order valence-electron chi connectivity index (χ4n) is 1.86. The summed E-state index contributed by atoms with van der Waals surface area (Å²) in [6.07, 6.45) is 4.40. The van der Waals surface area contributed by atoms with Crippen molar-refractivity contribution in [3.05, 3.63) is 56.9 Å². The zero-order valence-electron chi connectivity index (χ0n) is 12.6. The first-order chi connectivity index (χ1) is 11.0. The molecule has 2 rings (SSSR count). The lowest BCUT2D eigenvalue weighted by Gasteiger charge is -2.07. The van der Waals surface area contributed by atoms with Gasteiger partial charge in [0.05, 0.1) is 14.2 Å². The third kappa shape index (κ3) is 4.46. The highest BCUT2D eigenvalue weighted by Crippen LogP contribution is 2.25. The number of nitrogens with one attached hydrogen (secondary N) is 2. The molecule has 0 unspecified atom stereocenters. The third-order valence-electron chi connectivity index (χ3n) is 2.98. The van der Waals surface area contributed by atoms with Gasteiger partial charge in [0.2, 0.25) is 5.91 Å². The lowest BCUT2D eigenvalue weighted by molar-refractivity contribution is -0.111. The van der Waals surface area contributed by atoms with Crippen molar-refractivity contribution in [2.75, 3.05) is 19.5 Å². The van der Waals surface area contributed by atoms with E-state index in [2.05, 4.69) is 26.2 Å². The zero-order valence-corrected chi connectivity index (χ0v) is 14.1. The Morgan fingerprint density at radius 2 is 2.04 bits per heavy atom. The van der Waals surface area contributed by atoms with Crippen molar-refractivity contribution >= 4 is 33.6 Å². The summed E-state index contributed by atoms with van der Waals surface area (Å²) in [5, 5.41) is 2.52. The van der Waals surface area contributed by atoms with Gasteiger partial charge < -0.3 is 19.8 Å². The van der Waals surface area contributed by atoms with E-state index >= 15 is 0 Å². The van der Waals surface area contributed by atoms with Gasteiger partial charge in [-0.3, -0.25) is 9.59 Å². The van der Waals surface area contributed by atoms with Crippen LogP contribution in [0.3, 0.4) is 0 Å². The van der Waals surface area contributed by atoms with Gasteiger partial charge in [0.1, 0.15) is 17.2 Å². The maximum atomic E-state index is 12.0. The number of aromatic amines is 1. The van der Waals surface area contributed by atoms with Gasteiger partial charge in [-0.2, -0.15) is 0 Å². The summed E-state index contributed by atoms with van der Waals surface area (Å²) >= 11 is 3.23. The van der Waals surface area contributed by atoms with Crippen molar-refractivity contribution in [3.63, 3.8) is 0 Å². The maximum Gasteiger partial charge on any atom is 0.271 e. The van der Waals surface area contributed by atoms with Crippen molar-refractivity contribution in [1.82, 2.24) is 4.98 Å². The van der Waals surface area contributed by atoms with Gasteiger partial charge in [0.25, 0.3) is 5.56 Å². The molecule has 1 amide bonds. The number of halogens is 1. The van der Waals surface area contributed by atoms with Gasteiger partial charge in [0.15, 0.2) is 0 Å². The largest absolute Gasteiger partial charge is 0.497 e. The molecule has 0 saturated carbocycles. The minimum absolute atomic E-state index is 0.159. The van der Waals surface area contributed by atoms with E-state index in [1.807, 2.05) is 0 Å². The highest BCUT2D eigenvalue weighted by molar-refractivity contribution is 9.10. The second-order valence-electron chi connectivity index (χ2n) is 4.49. The summed E-state index contributed by atoms with van der Waals surface area (Å²) in [6, 6.07) is 6.78. The molecule has 0 spiro atoms. The van der Waals surface area contributed by atoms with Crippen molar-refractivity contribution in [2.24, 2.45) is 0 Å². The zero-order chi connectivity index (χ0) is 16.8. The lowest BCUT2D eigenvalue weighted by Crippen LogP contribution is -2.17. The summed E-state index contributed by atoms with van der Waals surface area (Å²) in [5.74, 6) is 0.822. The number of carbonyl (C=O) groups excluding carboxylic acids is 1. The number of carbonyl (C=O) groups is 1. The van der Waals surface area contributed by atoms with E-state index in [-0.39, 0.29) is 11.2 Å². The first kappa shape index (κ1) is 16.8. The number of rotatable bonds is 5. The standard InChI is InChI=1S/C16H15BrN2O4/c1-22-12-4-5-14(23-2)10(7-12)3-6-15(20)19-13-8-11(17)9-18-16(13)21/h3-9H,1-2H3,(H,18,21)(H,19,20)/b6-3+. The van der Waals surface area contributed by atoms with E-state index in [9.17, 15) is 9.59 Å². The quantitative estimate of drug-likeness (QED) is 0.783. The molecule has 120 valence electrons. The second kappa shape index (κ2) is 7.64. The minimum atomic E-state index is -0.432. The monoisotopic (exact) mass is 378 g/mol. The molecular weight excluding hydrogens is 364 g/mol. The lowest BCUT2D eigenvalue weighted by atomic mass is 10.1. The summed E-state index contributed by atoms with van der Waals surface area (Å²) in [5.41, 5.74) is 0.464. The number of hydrogen-bond acceptors (Lipinski definition) is 4. The molecule has 2 N–H and O–H groups in total. The molecule has 1 aromatic heterocycles. The van der Waals surface area contributed by atoms with Crippen LogP contribution in [-0.2, 0) is 4.79 Å². The normalized spacial score (nSPS) is 10.6. The molecule has 2 aromatic rings. The number of ether oxygens (including phenoxy) is 2. The third-order valence-corrected chi connectivity index (χ3v) is 3.43. The first-order valence-electron chi connectivity index (χ1n) is 6.63. The van der Waals surface area contributed by atoms with Gasteiger partial charge in [0, 0.05) is 22.3 Å². The number of aromatic nitrogens is 1. The molecule has 1 aromatic carbocycles. The summed E-state index contributed by atoms with van der Waals surface area (Å²) in [4.78, 5) is 26.1. The van der Waals surface area contributed by atoms with Crippen molar-refractivity contribution in [2.45, 2.75) is 0 Å². The van der Waals surface area contributed by atoms with Gasteiger partial charge in [-0.05, 0) is 46.3 Å². The number of hydrogen-bond donors (Lipinski definition) is 2. The summed E-state index contributed by atoms with van der Waals surface area (Å²) in [6.45, 7) is 0. The Labute approximate surface area is 141 Å².